The molecule has 1 spiro atoms. The van der Waals surface area contributed by atoms with Crippen molar-refractivity contribution in [1.82, 2.24) is 5.01 Å². The summed E-state index contributed by atoms with van der Waals surface area (Å²) in [5.74, 6) is 0.594. The average Bonchev–Trinajstić information content (AvgIpc) is 2.89. The quantitative estimate of drug-likeness (QED) is 0.610. The first-order chi connectivity index (χ1) is 11.0. The molecule has 6 heteroatoms. The minimum Gasteiger partial charge on any atom is -0.504 e. The first-order valence-electron chi connectivity index (χ1n) is 8.05. The third-order valence-electron chi connectivity index (χ3n) is 6.49. The predicted molar refractivity (Wildman–Crippen MR) is 82.1 cm³/mol. The maximum absolute atomic E-state index is 11.7. The number of phenolic OH excluding ortho intramolecular Hbond substituents is 1. The number of aromatic hydroxyl groups is 1. The third kappa shape index (κ3) is 1.24. The van der Waals surface area contributed by atoms with Gasteiger partial charge in [-0.15, -0.1) is 4.91 Å². The average molecular weight is 314 g/mol. The van der Waals surface area contributed by atoms with Crippen LogP contribution in [0, 0.1) is 4.91 Å². The van der Waals surface area contributed by atoms with E-state index in [1.165, 1.54) is 5.01 Å². The smallest absolute Gasteiger partial charge is 0.166 e. The summed E-state index contributed by atoms with van der Waals surface area (Å²) < 4.78 is 6.12. The number of hydrogen-bond donors (Lipinski definition) is 2. The molecule has 23 heavy (non-hydrogen) atoms. The lowest BCUT2D eigenvalue weighted by Gasteiger charge is -2.61. The molecular weight excluding hydrogens is 296 g/mol. The van der Waals surface area contributed by atoms with E-state index in [2.05, 4.69) is 11.9 Å². The monoisotopic (exact) mass is 314 g/mol. The second kappa shape index (κ2) is 3.87. The van der Waals surface area contributed by atoms with Gasteiger partial charge in [-0.1, -0.05) is 12.6 Å². The number of nitroso groups, excluding NO2 is 1. The largest absolute Gasteiger partial charge is 0.504 e. The molecule has 2 heterocycles. The summed E-state index contributed by atoms with van der Waals surface area (Å²) in [5.41, 5.74) is 1.18. The van der Waals surface area contributed by atoms with Gasteiger partial charge in [-0.2, -0.15) is 0 Å². The van der Waals surface area contributed by atoms with Crippen LogP contribution in [0.3, 0.4) is 0 Å². The molecule has 6 nitrogen and oxygen atoms in total. The Kier molecular flexibility index (Phi) is 2.25. The van der Waals surface area contributed by atoms with Crippen molar-refractivity contribution in [2.24, 2.45) is 5.29 Å². The Balaban J connectivity index is 1.85. The number of hydrogen-bond acceptors (Lipinski definition) is 5. The topological polar surface area (TPSA) is 82.4 Å². The Hall–Kier alpha value is -2.08. The highest BCUT2D eigenvalue weighted by Gasteiger charge is 2.72. The van der Waals surface area contributed by atoms with Crippen molar-refractivity contribution in [2.45, 2.75) is 48.8 Å². The molecule has 2 bridgehead atoms. The molecule has 2 N–H and O–H groups in total. The number of aliphatic hydroxyl groups is 1. The highest BCUT2D eigenvalue weighted by molar-refractivity contribution is 5.63. The molecule has 5 rings (SSSR count). The van der Waals surface area contributed by atoms with Crippen molar-refractivity contribution >= 4 is 0 Å². The van der Waals surface area contributed by atoms with Crippen LogP contribution < -0.4 is 4.74 Å². The van der Waals surface area contributed by atoms with Crippen LogP contribution in [-0.2, 0) is 11.8 Å². The van der Waals surface area contributed by atoms with Gasteiger partial charge in [0.1, 0.15) is 11.7 Å². The standard InChI is InChI=1S/C17H18N2O4/c1-9-4-5-17(21)12-8-10-2-3-11(20)14-13(10)16(17,15(9)23-14)6-7-19(12)18-22/h2-3,12,15,20-21H,1,4-8H2/t12-,15+,16+,17-/m1/s1. The van der Waals surface area contributed by atoms with Crippen molar-refractivity contribution in [3.63, 3.8) is 0 Å². The molecule has 0 amide bonds. The molecule has 4 aliphatic rings. The number of benzene rings is 1. The van der Waals surface area contributed by atoms with Crippen molar-refractivity contribution in [3.8, 4) is 11.5 Å². The number of piperidine rings is 1. The molecule has 2 fully saturated rings. The van der Waals surface area contributed by atoms with Gasteiger partial charge in [0.2, 0.25) is 0 Å². The highest BCUT2D eigenvalue weighted by Crippen LogP contribution is 2.66. The number of rotatable bonds is 1. The molecule has 0 aromatic heterocycles. The van der Waals surface area contributed by atoms with Crippen molar-refractivity contribution < 1.29 is 14.9 Å². The molecule has 1 saturated heterocycles. The summed E-state index contributed by atoms with van der Waals surface area (Å²) >= 11 is 0. The van der Waals surface area contributed by atoms with E-state index in [1.807, 2.05) is 6.07 Å². The van der Waals surface area contributed by atoms with E-state index in [0.29, 0.717) is 38.0 Å². The third-order valence-corrected chi connectivity index (χ3v) is 6.49. The van der Waals surface area contributed by atoms with Crippen LogP contribution in [0.15, 0.2) is 29.6 Å². The van der Waals surface area contributed by atoms with Crippen LogP contribution >= 0.6 is 0 Å². The lowest BCUT2D eigenvalue weighted by Crippen LogP contribution is -2.74. The Bertz CT molecular complexity index is 763. The summed E-state index contributed by atoms with van der Waals surface area (Å²) in [6.45, 7) is 4.64. The van der Waals surface area contributed by atoms with Gasteiger partial charge >= 0.3 is 0 Å². The minimum absolute atomic E-state index is 0.108. The number of phenols is 1. The molecule has 0 radical (unpaired) electrons. The van der Waals surface area contributed by atoms with E-state index in [4.69, 9.17) is 4.74 Å². The van der Waals surface area contributed by atoms with Crippen LogP contribution in [0.2, 0.25) is 0 Å². The fourth-order valence-electron chi connectivity index (χ4n) is 5.53. The zero-order valence-electron chi connectivity index (χ0n) is 12.7. The molecule has 2 aliphatic heterocycles. The zero-order valence-corrected chi connectivity index (χ0v) is 12.7. The molecule has 4 atom stereocenters. The maximum Gasteiger partial charge on any atom is 0.166 e. The van der Waals surface area contributed by atoms with Crippen LogP contribution in [0.1, 0.15) is 30.4 Å². The number of ether oxygens (including phenoxy) is 1. The second-order valence-corrected chi connectivity index (χ2v) is 7.21. The van der Waals surface area contributed by atoms with Gasteiger partial charge in [-0.05, 0) is 42.9 Å². The Morgan fingerprint density at radius 3 is 3.00 bits per heavy atom. The maximum atomic E-state index is 11.7. The summed E-state index contributed by atoms with van der Waals surface area (Å²) in [6, 6.07) is 3.15. The number of nitrogens with zero attached hydrogens (tertiary/aromatic N) is 2. The molecule has 2 aliphatic carbocycles. The van der Waals surface area contributed by atoms with Gasteiger partial charge in [0.25, 0.3) is 0 Å². The Morgan fingerprint density at radius 2 is 2.22 bits per heavy atom. The van der Waals surface area contributed by atoms with Crippen molar-refractivity contribution in [1.29, 1.82) is 0 Å². The summed E-state index contributed by atoms with van der Waals surface area (Å²) in [6.07, 6.45) is 1.95. The molecule has 1 aromatic rings. The molecule has 1 aromatic carbocycles. The fraction of sp³-hybridized carbons (Fsp3) is 0.529. The second-order valence-electron chi connectivity index (χ2n) is 7.21. The lowest BCUT2D eigenvalue weighted by molar-refractivity contribution is -0.174. The normalized spacial score (nSPS) is 39.7. The Labute approximate surface area is 133 Å². The molecule has 120 valence electrons. The van der Waals surface area contributed by atoms with E-state index in [0.717, 1.165) is 16.7 Å². The molecular formula is C17H18N2O4. The zero-order chi connectivity index (χ0) is 16.0. The van der Waals surface area contributed by atoms with Gasteiger partial charge in [0.15, 0.2) is 11.5 Å². The van der Waals surface area contributed by atoms with E-state index in [9.17, 15) is 15.1 Å². The van der Waals surface area contributed by atoms with Crippen LogP contribution in [0.5, 0.6) is 11.5 Å². The van der Waals surface area contributed by atoms with Gasteiger partial charge in [0.05, 0.1) is 16.7 Å². The Morgan fingerprint density at radius 1 is 1.39 bits per heavy atom. The van der Waals surface area contributed by atoms with E-state index < -0.39 is 11.0 Å². The minimum atomic E-state index is -1.09. The van der Waals surface area contributed by atoms with Gasteiger partial charge in [-0.25, -0.2) is 0 Å². The van der Waals surface area contributed by atoms with Crippen LogP contribution in [0.25, 0.3) is 0 Å². The fourth-order valence-corrected chi connectivity index (χ4v) is 5.53. The first-order valence-corrected chi connectivity index (χ1v) is 8.05. The summed E-state index contributed by atoms with van der Waals surface area (Å²) in [5, 5.41) is 26.6. The first kappa shape index (κ1) is 13.4. The van der Waals surface area contributed by atoms with E-state index in [-0.39, 0.29) is 17.9 Å². The van der Waals surface area contributed by atoms with E-state index in [1.54, 1.807) is 6.07 Å². The van der Waals surface area contributed by atoms with Gasteiger partial charge < -0.3 is 14.9 Å². The lowest BCUT2D eigenvalue weighted by atomic mass is 9.49. The molecule has 0 unspecified atom stereocenters. The van der Waals surface area contributed by atoms with Crippen LogP contribution in [-0.4, -0.2) is 39.5 Å². The van der Waals surface area contributed by atoms with Crippen LogP contribution in [0.4, 0.5) is 0 Å². The van der Waals surface area contributed by atoms with E-state index >= 15 is 0 Å². The summed E-state index contributed by atoms with van der Waals surface area (Å²) in [7, 11) is 0. The van der Waals surface area contributed by atoms with Gasteiger partial charge in [0, 0.05) is 12.1 Å². The van der Waals surface area contributed by atoms with Gasteiger partial charge in [-0.3, -0.25) is 5.01 Å². The van der Waals surface area contributed by atoms with Crippen molar-refractivity contribution in [2.75, 3.05) is 6.54 Å². The van der Waals surface area contributed by atoms with Crippen molar-refractivity contribution in [3.05, 3.63) is 40.3 Å². The predicted octanol–water partition coefficient (Wildman–Crippen LogP) is 1.78. The summed E-state index contributed by atoms with van der Waals surface area (Å²) in [4.78, 5) is 11.3. The highest BCUT2D eigenvalue weighted by atomic mass is 16.5. The molecule has 1 saturated carbocycles. The SMILES string of the molecule is C=C1CC[C@@]2(O)[C@H]3Cc4ccc(O)c5c4[C@@]2(CCN3N=O)[C@H]1O5.